The van der Waals surface area contributed by atoms with E-state index in [9.17, 15) is 4.79 Å². The van der Waals surface area contributed by atoms with E-state index < -0.39 is 0 Å². The van der Waals surface area contributed by atoms with Crippen LogP contribution in [0.15, 0.2) is 23.4 Å². The molecular weight excluding hydrogens is 256 g/mol. The third kappa shape index (κ3) is 2.87. The van der Waals surface area contributed by atoms with Crippen LogP contribution < -0.4 is 10.9 Å². The molecule has 0 amide bonds. The molecular formula is C13H18N6O. The van der Waals surface area contributed by atoms with Crippen LogP contribution in [0, 0.1) is 0 Å². The Bertz CT molecular complexity index is 642. The predicted molar refractivity (Wildman–Crippen MR) is 74.6 cm³/mol. The lowest BCUT2D eigenvalue weighted by Crippen LogP contribution is -2.25. The molecule has 1 fully saturated rings. The Morgan fingerprint density at radius 3 is 2.90 bits per heavy atom. The highest BCUT2D eigenvalue weighted by atomic mass is 16.1. The van der Waals surface area contributed by atoms with Gasteiger partial charge in [0.05, 0.1) is 11.9 Å². The smallest absolute Gasteiger partial charge is 0.269 e. The summed E-state index contributed by atoms with van der Waals surface area (Å²) in [6.45, 7) is 3.22. The molecule has 0 aromatic carbocycles. The van der Waals surface area contributed by atoms with Crippen molar-refractivity contribution in [2.45, 2.75) is 45.3 Å². The highest BCUT2D eigenvalue weighted by Gasteiger charge is 2.21. The van der Waals surface area contributed by atoms with Gasteiger partial charge >= 0.3 is 0 Å². The van der Waals surface area contributed by atoms with Crippen LogP contribution in [0.25, 0.3) is 0 Å². The first-order valence-corrected chi connectivity index (χ1v) is 6.96. The normalized spacial score (nSPS) is 14.4. The van der Waals surface area contributed by atoms with Crippen LogP contribution in [0.3, 0.4) is 0 Å². The van der Waals surface area contributed by atoms with Gasteiger partial charge in [-0.15, -0.1) is 0 Å². The molecule has 1 saturated carbocycles. The zero-order valence-corrected chi connectivity index (χ0v) is 11.5. The fourth-order valence-electron chi connectivity index (χ4n) is 2.04. The van der Waals surface area contributed by atoms with Gasteiger partial charge < -0.3 is 5.32 Å². The minimum absolute atomic E-state index is 0.123. The Labute approximate surface area is 116 Å². The summed E-state index contributed by atoms with van der Waals surface area (Å²) < 4.78 is 3.22. The molecule has 7 nitrogen and oxygen atoms in total. The summed E-state index contributed by atoms with van der Waals surface area (Å²) in [5.41, 5.74) is 0.672. The molecule has 1 aliphatic rings. The minimum atomic E-state index is -0.123. The van der Waals surface area contributed by atoms with Crippen LogP contribution in [-0.2, 0) is 13.1 Å². The third-order valence-corrected chi connectivity index (χ3v) is 3.24. The van der Waals surface area contributed by atoms with Crippen molar-refractivity contribution in [1.82, 2.24) is 24.5 Å². The van der Waals surface area contributed by atoms with Gasteiger partial charge in [-0.2, -0.15) is 10.2 Å². The molecule has 2 aromatic rings. The largest absolute Gasteiger partial charge is 0.381 e. The van der Waals surface area contributed by atoms with Crippen LogP contribution >= 0.6 is 0 Å². The van der Waals surface area contributed by atoms with Crippen molar-refractivity contribution in [3.05, 3.63) is 34.8 Å². The number of hydrogen-bond donors (Lipinski definition) is 1. The van der Waals surface area contributed by atoms with E-state index in [4.69, 9.17) is 0 Å². The number of nitrogens with zero attached hydrogens (tertiary/aromatic N) is 5. The second-order valence-electron chi connectivity index (χ2n) is 5.06. The van der Waals surface area contributed by atoms with Crippen molar-refractivity contribution >= 4 is 5.69 Å². The van der Waals surface area contributed by atoms with Gasteiger partial charge in [0.1, 0.15) is 18.7 Å². The lowest BCUT2D eigenvalue weighted by molar-refractivity contribution is 0.528. The monoisotopic (exact) mass is 274 g/mol. The van der Waals surface area contributed by atoms with Gasteiger partial charge in [-0.3, -0.25) is 4.79 Å². The van der Waals surface area contributed by atoms with Gasteiger partial charge in [0.15, 0.2) is 0 Å². The van der Waals surface area contributed by atoms with Crippen molar-refractivity contribution in [3.8, 4) is 0 Å². The minimum Gasteiger partial charge on any atom is -0.381 e. The van der Waals surface area contributed by atoms with E-state index in [0.717, 1.165) is 24.5 Å². The maximum Gasteiger partial charge on any atom is 0.269 e. The van der Waals surface area contributed by atoms with Gasteiger partial charge in [-0.25, -0.2) is 14.3 Å². The third-order valence-electron chi connectivity index (χ3n) is 3.24. The van der Waals surface area contributed by atoms with E-state index in [1.807, 2.05) is 4.68 Å². The first-order chi connectivity index (χ1) is 9.76. The van der Waals surface area contributed by atoms with Crippen molar-refractivity contribution in [2.75, 3.05) is 5.32 Å². The molecule has 7 heteroatoms. The fourth-order valence-corrected chi connectivity index (χ4v) is 2.04. The molecule has 0 bridgehead atoms. The summed E-state index contributed by atoms with van der Waals surface area (Å²) in [6.07, 6.45) is 6.52. The number of hydrogen-bond acceptors (Lipinski definition) is 5. The second kappa shape index (κ2) is 5.44. The van der Waals surface area contributed by atoms with Gasteiger partial charge in [0.2, 0.25) is 0 Å². The van der Waals surface area contributed by atoms with E-state index in [2.05, 4.69) is 27.4 Å². The van der Waals surface area contributed by atoms with Crippen molar-refractivity contribution in [1.29, 1.82) is 0 Å². The Balaban J connectivity index is 1.76. The molecule has 0 aliphatic heterocycles. The molecule has 0 atom stereocenters. The zero-order chi connectivity index (χ0) is 13.9. The Morgan fingerprint density at radius 1 is 1.35 bits per heavy atom. The Kier molecular flexibility index (Phi) is 3.49. The van der Waals surface area contributed by atoms with Gasteiger partial charge in [-0.1, -0.05) is 6.92 Å². The topological polar surface area (TPSA) is 77.6 Å². The summed E-state index contributed by atoms with van der Waals surface area (Å²) in [7, 11) is 0. The second-order valence-corrected chi connectivity index (χ2v) is 5.06. The Morgan fingerprint density at radius 2 is 2.20 bits per heavy atom. The van der Waals surface area contributed by atoms with E-state index in [-0.39, 0.29) is 5.56 Å². The predicted octanol–water partition coefficient (Wildman–Crippen LogP) is 0.867. The van der Waals surface area contributed by atoms with Crippen LogP contribution in [0.4, 0.5) is 5.69 Å². The van der Waals surface area contributed by atoms with Crippen LogP contribution in [-0.4, -0.2) is 30.6 Å². The summed E-state index contributed by atoms with van der Waals surface area (Å²) in [6, 6.07) is 2.10. The summed E-state index contributed by atoms with van der Waals surface area (Å²) >= 11 is 0. The van der Waals surface area contributed by atoms with Gasteiger partial charge in [-0.05, 0) is 19.3 Å². The van der Waals surface area contributed by atoms with Crippen LogP contribution in [0.2, 0.25) is 0 Å². The lowest BCUT2D eigenvalue weighted by Gasteiger charge is -2.08. The van der Waals surface area contributed by atoms with Crippen LogP contribution in [0.5, 0.6) is 0 Å². The summed E-state index contributed by atoms with van der Waals surface area (Å²) in [5.74, 6) is 0.754. The number of aryl methyl sites for hydroxylation is 1. The van der Waals surface area contributed by atoms with Gasteiger partial charge in [0, 0.05) is 18.7 Å². The first kappa shape index (κ1) is 12.8. The average Bonchev–Trinajstić information content (AvgIpc) is 3.13. The van der Waals surface area contributed by atoms with E-state index in [0.29, 0.717) is 12.6 Å². The van der Waals surface area contributed by atoms with E-state index in [1.54, 1.807) is 12.3 Å². The highest BCUT2D eigenvalue weighted by Crippen LogP contribution is 2.23. The molecule has 2 aromatic heterocycles. The van der Waals surface area contributed by atoms with Crippen molar-refractivity contribution in [3.63, 3.8) is 0 Å². The SMILES string of the molecule is CCCn1ncnc1Cn1ncc(NC2CC2)cc1=O. The molecule has 3 rings (SSSR count). The molecule has 1 N–H and O–H groups in total. The van der Waals surface area contributed by atoms with Crippen molar-refractivity contribution in [2.24, 2.45) is 0 Å². The molecule has 0 spiro atoms. The molecule has 0 saturated heterocycles. The molecule has 2 heterocycles. The molecule has 20 heavy (non-hydrogen) atoms. The van der Waals surface area contributed by atoms with E-state index in [1.165, 1.54) is 23.9 Å². The molecule has 1 aliphatic carbocycles. The highest BCUT2D eigenvalue weighted by molar-refractivity contribution is 5.41. The average molecular weight is 274 g/mol. The summed E-state index contributed by atoms with van der Waals surface area (Å²) in [5, 5.41) is 11.6. The summed E-state index contributed by atoms with van der Waals surface area (Å²) in [4.78, 5) is 16.2. The number of anilines is 1. The molecule has 0 unspecified atom stereocenters. The van der Waals surface area contributed by atoms with E-state index >= 15 is 0 Å². The lowest BCUT2D eigenvalue weighted by atomic mass is 10.4. The zero-order valence-electron chi connectivity index (χ0n) is 11.5. The number of aromatic nitrogens is 5. The maximum absolute atomic E-state index is 12.0. The standard InChI is InChI=1S/C13H18N6O/c1-2-5-18-12(14-9-16-18)8-19-13(20)6-11(7-15-19)17-10-3-4-10/h6-7,9-10,17H,2-5,8H2,1H3. The van der Waals surface area contributed by atoms with Crippen LogP contribution in [0.1, 0.15) is 32.0 Å². The van der Waals surface area contributed by atoms with Crippen molar-refractivity contribution < 1.29 is 0 Å². The number of nitrogens with one attached hydrogen (secondary N) is 1. The Hall–Kier alpha value is -2.18. The number of rotatable bonds is 6. The quantitative estimate of drug-likeness (QED) is 0.845. The first-order valence-electron chi connectivity index (χ1n) is 6.96. The molecule has 106 valence electrons. The van der Waals surface area contributed by atoms with Gasteiger partial charge in [0.25, 0.3) is 5.56 Å². The molecule has 0 radical (unpaired) electrons. The fraction of sp³-hybridized carbons (Fsp3) is 0.538. The maximum atomic E-state index is 12.0.